The number of oxazole rings is 2. The molecule has 0 bridgehead atoms. The fourth-order valence-corrected chi connectivity index (χ4v) is 9.39. The van der Waals surface area contributed by atoms with Crippen LogP contribution in [0.3, 0.4) is 0 Å². The van der Waals surface area contributed by atoms with Crippen molar-refractivity contribution in [3.05, 3.63) is 230 Å². The highest BCUT2D eigenvalue weighted by Crippen LogP contribution is 2.52. The van der Waals surface area contributed by atoms with Gasteiger partial charge in [-0.05, 0) is 161 Å². The van der Waals surface area contributed by atoms with E-state index in [9.17, 15) is 0 Å². The van der Waals surface area contributed by atoms with Gasteiger partial charge in [-0.15, -0.1) is 0 Å². The normalized spacial score (nSPS) is 12.6. The highest BCUT2D eigenvalue weighted by Gasteiger charge is 2.36. The second-order valence-corrected chi connectivity index (χ2v) is 17.1. The summed E-state index contributed by atoms with van der Waals surface area (Å²) in [5.41, 5.74) is 18.9. The fourth-order valence-electron chi connectivity index (χ4n) is 9.39. The van der Waals surface area contributed by atoms with Crippen molar-refractivity contribution in [2.24, 2.45) is 0 Å². The molecule has 0 saturated heterocycles. The van der Waals surface area contributed by atoms with Crippen molar-refractivity contribution in [2.75, 3.05) is 9.80 Å². The standard InChI is InChI=1S/C59H42N4O2/c1-59(2)51-37-42(39-21-28-45(29-22-39)62(43-13-5-3-6-14-43)46-30-23-40(24-31-46)57-60-53-17-9-11-19-55(53)64-57)27-35-49(51)50-36-34-48(38-52(50)59)63(44-15-7-4-8-16-44)47-32-25-41(26-33-47)58-61-54-18-10-12-20-56(54)65-58/h3-38H,1-2H3. The van der Waals surface area contributed by atoms with Crippen LogP contribution in [0.15, 0.2) is 227 Å². The summed E-state index contributed by atoms with van der Waals surface area (Å²) in [6.07, 6.45) is 0. The SMILES string of the molecule is CC1(C)c2cc(-c3ccc(N(c4ccccc4)c4ccc(-c5nc6ccccc6o5)cc4)cc3)ccc2-c2ccc(N(c3ccccc3)c3ccc(-c4nc5ccccc5o4)cc3)cc21. The van der Waals surface area contributed by atoms with Gasteiger partial charge in [-0.3, -0.25) is 0 Å². The van der Waals surface area contributed by atoms with Crippen molar-refractivity contribution in [3.63, 3.8) is 0 Å². The lowest BCUT2D eigenvalue weighted by Gasteiger charge is -2.28. The minimum atomic E-state index is -0.232. The average molecular weight is 839 g/mol. The lowest BCUT2D eigenvalue weighted by Crippen LogP contribution is -2.16. The Balaban J connectivity index is 0.842. The molecule has 0 radical (unpaired) electrons. The van der Waals surface area contributed by atoms with Gasteiger partial charge in [0.15, 0.2) is 11.2 Å². The summed E-state index contributed by atoms with van der Waals surface area (Å²) in [6.45, 7) is 4.70. The maximum absolute atomic E-state index is 6.10. The molecule has 2 aromatic heterocycles. The Bertz CT molecular complexity index is 3440. The topological polar surface area (TPSA) is 58.5 Å². The van der Waals surface area contributed by atoms with Gasteiger partial charge in [-0.2, -0.15) is 0 Å². The largest absolute Gasteiger partial charge is 0.436 e. The van der Waals surface area contributed by atoms with Crippen molar-refractivity contribution in [1.29, 1.82) is 0 Å². The van der Waals surface area contributed by atoms with Gasteiger partial charge >= 0.3 is 0 Å². The van der Waals surface area contributed by atoms with Gasteiger partial charge in [-0.1, -0.05) is 105 Å². The Hall–Kier alpha value is -8.48. The van der Waals surface area contributed by atoms with Crippen LogP contribution in [0.4, 0.5) is 34.1 Å². The van der Waals surface area contributed by atoms with Crippen molar-refractivity contribution in [1.82, 2.24) is 9.97 Å². The summed E-state index contributed by atoms with van der Waals surface area (Å²) >= 11 is 0. The van der Waals surface area contributed by atoms with E-state index in [1.807, 2.05) is 48.5 Å². The van der Waals surface area contributed by atoms with Gasteiger partial charge in [0.2, 0.25) is 11.8 Å². The van der Waals surface area contributed by atoms with E-state index in [-0.39, 0.29) is 5.41 Å². The molecule has 1 aliphatic rings. The van der Waals surface area contributed by atoms with Crippen LogP contribution < -0.4 is 9.80 Å². The molecule has 0 amide bonds. The zero-order valence-corrected chi connectivity index (χ0v) is 35.9. The lowest BCUT2D eigenvalue weighted by molar-refractivity contribution is 0.619. The van der Waals surface area contributed by atoms with Crippen LogP contribution in [-0.4, -0.2) is 9.97 Å². The first-order chi connectivity index (χ1) is 31.9. The molecule has 12 rings (SSSR count). The second-order valence-electron chi connectivity index (χ2n) is 17.1. The number of hydrogen-bond acceptors (Lipinski definition) is 6. The number of aromatic nitrogens is 2. The van der Waals surface area contributed by atoms with E-state index in [2.05, 4.69) is 194 Å². The zero-order valence-electron chi connectivity index (χ0n) is 35.9. The van der Waals surface area contributed by atoms with Crippen molar-refractivity contribution < 1.29 is 8.83 Å². The van der Waals surface area contributed by atoms with Gasteiger partial charge in [0.25, 0.3) is 0 Å². The summed E-state index contributed by atoms with van der Waals surface area (Å²) in [4.78, 5) is 14.1. The van der Waals surface area contributed by atoms with Crippen molar-refractivity contribution in [2.45, 2.75) is 19.3 Å². The molecule has 0 unspecified atom stereocenters. The average Bonchev–Trinajstić information content (AvgIpc) is 4.06. The molecule has 6 heteroatoms. The Morgan fingerprint density at radius 2 is 0.708 bits per heavy atom. The Morgan fingerprint density at radius 1 is 0.338 bits per heavy atom. The molecule has 11 aromatic rings. The van der Waals surface area contributed by atoms with Crippen LogP contribution in [0.2, 0.25) is 0 Å². The first-order valence-electron chi connectivity index (χ1n) is 22.0. The smallest absolute Gasteiger partial charge is 0.227 e. The number of fused-ring (bicyclic) bond motifs is 5. The van der Waals surface area contributed by atoms with Gasteiger partial charge < -0.3 is 18.6 Å². The number of para-hydroxylation sites is 6. The highest BCUT2D eigenvalue weighted by atomic mass is 16.4. The van der Waals surface area contributed by atoms with Gasteiger partial charge in [0.05, 0.1) is 0 Å². The molecule has 1 aliphatic carbocycles. The van der Waals surface area contributed by atoms with E-state index in [0.29, 0.717) is 11.8 Å². The van der Waals surface area contributed by atoms with E-state index < -0.39 is 0 Å². The van der Waals surface area contributed by atoms with Crippen LogP contribution >= 0.6 is 0 Å². The third-order valence-electron chi connectivity index (χ3n) is 12.7. The highest BCUT2D eigenvalue weighted by molar-refractivity contribution is 5.88. The summed E-state index contributed by atoms with van der Waals surface area (Å²) in [7, 11) is 0. The fraction of sp³-hybridized carbons (Fsp3) is 0.0508. The lowest BCUT2D eigenvalue weighted by atomic mass is 9.81. The van der Waals surface area contributed by atoms with Crippen LogP contribution in [0, 0.1) is 0 Å². The second kappa shape index (κ2) is 15.4. The van der Waals surface area contributed by atoms with Gasteiger partial charge in [0.1, 0.15) is 11.0 Å². The molecule has 0 atom stereocenters. The summed E-state index contributed by atoms with van der Waals surface area (Å²) in [6, 6.07) is 76.5. The van der Waals surface area contributed by atoms with Crippen LogP contribution in [0.5, 0.6) is 0 Å². The van der Waals surface area contributed by atoms with Crippen molar-refractivity contribution >= 4 is 56.3 Å². The zero-order chi connectivity index (χ0) is 43.5. The number of rotatable bonds is 9. The van der Waals surface area contributed by atoms with E-state index in [4.69, 9.17) is 18.8 Å². The minimum absolute atomic E-state index is 0.232. The summed E-state index contributed by atoms with van der Waals surface area (Å²) in [5, 5.41) is 0. The quantitative estimate of drug-likeness (QED) is 0.144. The van der Waals surface area contributed by atoms with E-state index in [0.717, 1.165) is 67.5 Å². The number of hydrogen-bond donors (Lipinski definition) is 0. The van der Waals surface area contributed by atoms with Crippen molar-refractivity contribution in [3.8, 4) is 45.2 Å². The monoisotopic (exact) mass is 838 g/mol. The molecule has 6 nitrogen and oxygen atoms in total. The van der Waals surface area contributed by atoms with Gasteiger partial charge in [0, 0.05) is 50.7 Å². The molecule has 0 N–H and O–H groups in total. The minimum Gasteiger partial charge on any atom is -0.436 e. The van der Waals surface area contributed by atoms with Crippen LogP contribution in [0.1, 0.15) is 25.0 Å². The van der Waals surface area contributed by atoms with Crippen LogP contribution in [0.25, 0.3) is 67.4 Å². The molecule has 310 valence electrons. The first kappa shape index (κ1) is 38.2. The molecular weight excluding hydrogens is 797 g/mol. The maximum atomic E-state index is 6.10. The van der Waals surface area contributed by atoms with Crippen LogP contribution in [-0.2, 0) is 5.41 Å². The van der Waals surface area contributed by atoms with E-state index in [1.54, 1.807) is 0 Å². The number of anilines is 6. The van der Waals surface area contributed by atoms with E-state index in [1.165, 1.54) is 33.4 Å². The molecule has 0 fully saturated rings. The molecule has 2 heterocycles. The molecule has 0 aliphatic heterocycles. The predicted molar refractivity (Wildman–Crippen MR) is 265 cm³/mol. The Labute approximate surface area is 377 Å². The third kappa shape index (κ3) is 6.75. The Morgan fingerprint density at radius 3 is 1.20 bits per heavy atom. The third-order valence-corrected chi connectivity index (χ3v) is 12.7. The number of benzene rings is 9. The first-order valence-corrected chi connectivity index (χ1v) is 22.0. The van der Waals surface area contributed by atoms with Gasteiger partial charge in [-0.25, -0.2) is 9.97 Å². The summed E-state index contributed by atoms with van der Waals surface area (Å²) < 4.78 is 12.2. The number of nitrogens with zero attached hydrogens (tertiary/aromatic N) is 4. The molecular formula is C59H42N4O2. The summed E-state index contributed by atoms with van der Waals surface area (Å²) in [5.74, 6) is 1.23. The van der Waals surface area contributed by atoms with E-state index >= 15 is 0 Å². The maximum Gasteiger partial charge on any atom is 0.227 e. The Kier molecular flexibility index (Phi) is 9.05. The predicted octanol–water partition coefficient (Wildman–Crippen LogP) is 16.2. The molecule has 0 spiro atoms. The molecule has 65 heavy (non-hydrogen) atoms. The molecule has 0 saturated carbocycles. The molecule has 9 aromatic carbocycles.